The number of carbonyl (C=O) groups is 1. The summed E-state index contributed by atoms with van der Waals surface area (Å²) in [6.45, 7) is 13.8. The predicted octanol–water partition coefficient (Wildman–Crippen LogP) is 1.52. The summed E-state index contributed by atoms with van der Waals surface area (Å²) < 4.78 is 0. The molecule has 1 aliphatic carbocycles. The fraction of sp³-hybridized carbons (Fsp3) is 0.773. The Hall–Kier alpha value is 0.912. The molecule has 0 aromatic carbocycles. The van der Waals surface area contributed by atoms with E-state index in [1.54, 1.807) is 11.3 Å². The number of fused-ring (bicyclic) bond motifs is 1. The fourth-order valence-corrected chi connectivity index (χ4v) is 5.15. The maximum atomic E-state index is 12.6. The van der Waals surface area contributed by atoms with Crippen LogP contribution in [0.3, 0.4) is 0 Å². The van der Waals surface area contributed by atoms with Crippen LogP contribution in [0, 0.1) is 13.3 Å². The van der Waals surface area contributed by atoms with Crippen molar-refractivity contribution in [3.05, 3.63) is 18.0 Å². The molecular weight excluding hydrogens is 501 g/mol. The van der Waals surface area contributed by atoms with Crippen LogP contribution < -0.4 is 79.1 Å². The van der Waals surface area contributed by atoms with Crippen molar-refractivity contribution in [1.29, 1.82) is 0 Å². The van der Waals surface area contributed by atoms with Gasteiger partial charge in [0.25, 0.3) is 0 Å². The average molecular weight is 543 g/mol. The van der Waals surface area contributed by atoms with Crippen molar-refractivity contribution >= 4 is 22.4 Å². The molecule has 0 unspecified atom stereocenters. The van der Waals surface area contributed by atoms with Crippen LogP contribution in [-0.4, -0.2) is 48.5 Å². The quantitative estimate of drug-likeness (QED) is 0.589. The summed E-state index contributed by atoms with van der Waals surface area (Å²) in [5.74, 6) is 1.00. The number of nitrogens with zero attached hydrogens (tertiary/aromatic N) is 3. The topological polar surface area (TPSA) is 48.5 Å². The summed E-state index contributed by atoms with van der Waals surface area (Å²) in [6.07, 6.45) is 6.81. The van der Waals surface area contributed by atoms with E-state index in [0.29, 0.717) is 11.8 Å². The molecule has 29 heavy (non-hydrogen) atoms. The third kappa shape index (κ3) is 8.75. The largest absolute Gasteiger partial charge is 1.00 e. The van der Waals surface area contributed by atoms with Crippen molar-refractivity contribution < 1.29 is 73.7 Å². The number of thiazole rings is 1. The smallest absolute Gasteiger partial charge is 0.358 e. The molecular formula is C22H41CsN4OS. The average Bonchev–Trinajstić information content (AvgIpc) is 3.40. The van der Waals surface area contributed by atoms with Gasteiger partial charge >= 0.3 is 68.9 Å². The third-order valence-electron chi connectivity index (χ3n) is 5.40. The van der Waals surface area contributed by atoms with Crippen LogP contribution in [0.25, 0.3) is 0 Å². The predicted molar refractivity (Wildman–Crippen MR) is 122 cm³/mol. The first kappa shape index (κ1) is 29.9. The van der Waals surface area contributed by atoms with E-state index in [1.807, 2.05) is 27.7 Å². The minimum absolute atomic E-state index is 0. The SMILES string of the molecule is CC.CC.O=C(CC1CCCC1)N1CCc2nc(N3CCNCC3)sc2C1.[CH3-].[Cs+]. The summed E-state index contributed by atoms with van der Waals surface area (Å²) in [7, 11) is 0. The molecule has 1 saturated carbocycles. The van der Waals surface area contributed by atoms with E-state index < -0.39 is 0 Å². The Morgan fingerprint density at radius 2 is 1.72 bits per heavy atom. The molecule has 162 valence electrons. The van der Waals surface area contributed by atoms with Gasteiger partial charge in [-0.15, -0.1) is 0 Å². The van der Waals surface area contributed by atoms with Gasteiger partial charge in [-0.1, -0.05) is 51.9 Å². The van der Waals surface area contributed by atoms with Crippen LogP contribution in [0.1, 0.15) is 70.4 Å². The van der Waals surface area contributed by atoms with Gasteiger partial charge in [0.05, 0.1) is 12.2 Å². The van der Waals surface area contributed by atoms with Gasteiger partial charge in [-0.25, -0.2) is 4.98 Å². The number of rotatable bonds is 3. The number of piperazine rings is 1. The zero-order chi connectivity index (χ0) is 19.6. The Labute approximate surface area is 242 Å². The second kappa shape index (κ2) is 16.5. The molecule has 1 N–H and O–H groups in total. The van der Waals surface area contributed by atoms with Crippen molar-refractivity contribution in [2.24, 2.45) is 5.92 Å². The molecule has 4 rings (SSSR count). The normalized spacial score (nSPS) is 18.2. The molecule has 2 aliphatic heterocycles. The van der Waals surface area contributed by atoms with Crippen LogP contribution in [0.15, 0.2) is 0 Å². The van der Waals surface area contributed by atoms with Crippen LogP contribution in [0.5, 0.6) is 0 Å². The Balaban J connectivity index is 0.00000123. The van der Waals surface area contributed by atoms with Crippen LogP contribution in [-0.2, 0) is 17.8 Å². The van der Waals surface area contributed by atoms with Crippen molar-refractivity contribution in [1.82, 2.24) is 15.2 Å². The minimum atomic E-state index is 0. The molecule has 7 heteroatoms. The van der Waals surface area contributed by atoms with Gasteiger partial charge in [-0.3, -0.25) is 4.79 Å². The monoisotopic (exact) mass is 542 g/mol. The second-order valence-electron chi connectivity index (χ2n) is 7.02. The summed E-state index contributed by atoms with van der Waals surface area (Å²) in [5.41, 5.74) is 1.23. The van der Waals surface area contributed by atoms with E-state index in [0.717, 1.165) is 57.2 Å². The molecule has 1 aromatic heterocycles. The molecule has 0 radical (unpaired) electrons. The Bertz CT molecular complexity index is 569. The van der Waals surface area contributed by atoms with E-state index in [4.69, 9.17) is 4.98 Å². The van der Waals surface area contributed by atoms with Crippen LogP contribution >= 0.6 is 11.3 Å². The van der Waals surface area contributed by atoms with E-state index in [2.05, 4.69) is 15.1 Å². The van der Waals surface area contributed by atoms with Crippen molar-refractivity contribution in [2.45, 2.75) is 72.8 Å². The molecule has 0 spiro atoms. The minimum Gasteiger partial charge on any atom is -0.358 e. The zero-order valence-electron chi connectivity index (χ0n) is 19.7. The second-order valence-corrected chi connectivity index (χ2v) is 8.09. The van der Waals surface area contributed by atoms with Gasteiger partial charge in [0.1, 0.15) is 0 Å². The molecule has 5 nitrogen and oxygen atoms in total. The first-order valence-electron chi connectivity index (χ1n) is 11.0. The van der Waals surface area contributed by atoms with Gasteiger partial charge in [-0.2, -0.15) is 0 Å². The van der Waals surface area contributed by atoms with Crippen LogP contribution in [0.2, 0.25) is 0 Å². The van der Waals surface area contributed by atoms with Gasteiger partial charge in [-0.05, 0) is 18.8 Å². The summed E-state index contributed by atoms with van der Waals surface area (Å²) in [6, 6.07) is 0. The van der Waals surface area contributed by atoms with E-state index in [9.17, 15) is 4.79 Å². The van der Waals surface area contributed by atoms with Gasteiger partial charge in [0.2, 0.25) is 5.91 Å². The number of amides is 1. The maximum Gasteiger partial charge on any atom is 1.00 e. The Kier molecular flexibility index (Phi) is 17.1. The molecule has 3 heterocycles. The first-order chi connectivity index (χ1) is 13.3. The summed E-state index contributed by atoms with van der Waals surface area (Å²) in [4.78, 5) is 23.2. The number of hydrogen-bond donors (Lipinski definition) is 1. The van der Waals surface area contributed by atoms with Crippen molar-refractivity contribution in [2.75, 3.05) is 37.6 Å². The summed E-state index contributed by atoms with van der Waals surface area (Å²) >= 11 is 1.80. The molecule has 2 fully saturated rings. The van der Waals surface area contributed by atoms with Gasteiger partial charge in [0.15, 0.2) is 5.13 Å². The first-order valence-corrected chi connectivity index (χ1v) is 11.8. The number of carbonyl (C=O) groups excluding carboxylic acids is 1. The summed E-state index contributed by atoms with van der Waals surface area (Å²) in [5, 5.41) is 4.54. The zero-order valence-corrected chi connectivity index (χ0v) is 26.8. The molecule has 3 aliphatic rings. The molecule has 0 atom stereocenters. The van der Waals surface area contributed by atoms with E-state index in [1.165, 1.54) is 36.3 Å². The number of aromatic nitrogens is 1. The Morgan fingerprint density at radius 3 is 2.34 bits per heavy atom. The molecule has 0 bridgehead atoms. The number of anilines is 1. The number of hydrogen-bond acceptors (Lipinski definition) is 5. The van der Waals surface area contributed by atoms with Crippen molar-refractivity contribution in [3.8, 4) is 0 Å². The third-order valence-corrected chi connectivity index (χ3v) is 6.54. The van der Waals surface area contributed by atoms with Crippen LogP contribution in [0.4, 0.5) is 5.13 Å². The fourth-order valence-electron chi connectivity index (χ4n) is 3.98. The molecule has 1 aromatic rings. The molecule has 1 amide bonds. The maximum absolute atomic E-state index is 12.6. The van der Waals surface area contributed by atoms with Gasteiger partial charge in [0, 0.05) is 50.4 Å². The Morgan fingerprint density at radius 1 is 1.10 bits per heavy atom. The standard InChI is InChI=1S/C17H26N4OS.2C2H6.CH3.Cs/c22-16(11-13-3-1-2-4-13)21-8-5-14-15(12-21)23-17(19-14)20-9-6-18-7-10-20;2*1-2;;/h13,18H,1-12H2;2*1-2H3;1H3;/q;;;-1;+1. The molecule has 1 saturated heterocycles. The van der Waals surface area contributed by atoms with Gasteiger partial charge < -0.3 is 22.5 Å². The van der Waals surface area contributed by atoms with Crippen molar-refractivity contribution in [3.63, 3.8) is 0 Å². The van der Waals surface area contributed by atoms with E-state index in [-0.39, 0.29) is 76.3 Å². The van der Waals surface area contributed by atoms with E-state index >= 15 is 0 Å². The number of nitrogens with one attached hydrogen (secondary N) is 1.